The molecule has 38 heavy (non-hydrogen) atoms. The van der Waals surface area contributed by atoms with Crippen LogP contribution in [-0.4, -0.2) is 40.6 Å². The van der Waals surface area contributed by atoms with Gasteiger partial charge in [-0.15, -0.1) is 0 Å². The van der Waals surface area contributed by atoms with Gasteiger partial charge in [0.25, 0.3) is 0 Å². The predicted molar refractivity (Wildman–Crippen MR) is 136 cm³/mol. The summed E-state index contributed by atoms with van der Waals surface area (Å²) in [6.45, 7) is 0. The van der Waals surface area contributed by atoms with Gasteiger partial charge in [-0.25, -0.2) is 9.52 Å². The number of carbonyl (C=O) groups is 2. The Hall–Kier alpha value is -4.26. The molecule has 1 unspecified atom stereocenters. The first kappa shape index (κ1) is 28.3. The number of benzene rings is 3. The fraction of sp³-hybridized carbons (Fsp3) is 0.200. The van der Waals surface area contributed by atoms with E-state index in [9.17, 15) is 31.2 Å². The van der Waals surface area contributed by atoms with Gasteiger partial charge in [-0.3, -0.25) is 9.52 Å². The van der Waals surface area contributed by atoms with E-state index in [0.29, 0.717) is 29.1 Å². The van der Waals surface area contributed by atoms with Crippen molar-refractivity contribution in [1.82, 2.24) is 10.0 Å². The maximum Gasteiger partial charge on any atom is 0.416 e. The molecule has 202 valence electrons. The molecule has 0 aliphatic heterocycles. The fourth-order valence-corrected chi connectivity index (χ4v) is 4.23. The van der Waals surface area contributed by atoms with Crippen LogP contribution in [0, 0.1) is 0 Å². The van der Waals surface area contributed by atoms with Gasteiger partial charge in [-0.1, -0.05) is 30.3 Å². The Kier molecular flexibility index (Phi) is 8.84. The van der Waals surface area contributed by atoms with E-state index in [1.54, 1.807) is 59.3 Å². The lowest BCUT2D eigenvalue weighted by atomic mass is 10.0. The van der Waals surface area contributed by atoms with Gasteiger partial charge >= 0.3 is 22.4 Å². The van der Waals surface area contributed by atoms with E-state index in [0.717, 1.165) is 12.1 Å². The van der Waals surface area contributed by atoms with Crippen LogP contribution in [0.3, 0.4) is 0 Å². The van der Waals surface area contributed by atoms with Gasteiger partial charge in [-0.2, -0.15) is 21.6 Å². The summed E-state index contributed by atoms with van der Waals surface area (Å²) in [4.78, 5) is 27.2. The van der Waals surface area contributed by atoms with Crippen molar-refractivity contribution < 1.29 is 35.9 Å². The molecule has 0 fully saturated rings. The summed E-state index contributed by atoms with van der Waals surface area (Å²) in [5, 5.41) is 2.38. The molecule has 3 rings (SSSR count). The molecule has 3 amide bonds. The number of methoxy groups -OCH3 is 1. The van der Waals surface area contributed by atoms with E-state index in [1.807, 2.05) is 4.72 Å². The van der Waals surface area contributed by atoms with Crippen molar-refractivity contribution >= 4 is 33.5 Å². The Morgan fingerprint density at radius 3 is 2.11 bits per heavy atom. The first-order valence-corrected chi connectivity index (χ1v) is 12.6. The van der Waals surface area contributed by atoms with E-state index in [2.05, 4.69) is 5.32 Å². The third-order valence-electron chi connectivity index (χ3n) is 5.37. The zero-order chi connectivity index (χ0) is 27.9. The summed E-state index contributed by atoms with van der Waals surface area (Å²) in [6, 6.07) is 16.2. The molecule has 9 nitrogen and oxygen atoms in total. The summed E-state index contributed by atoms with van der Waals surface area (Å²) in [6.07, 6.45) is -4.53. The Morgan fingerprint density at radius 1 is 0.947 bits per heavy atom. The zero-order valence-corrected chi connectivity index (χ0v) is 21.1. The summed E-state index contributed by atoms with van der Waals surface area (Å²) in [5.41, 5.74) is 0.0523. The second-order valence-corrected chi connectivity index (χ2v) is 9.51. The molecule has 0 bridgehead atoms. The van der Waals surface area contributed by atoms with Gasteiger partial charge in [0.05, 0.1) is 18.4 Å². The minimum absolute atomic E-state index is 0.0555. The van der Waals surface area contributed by atoms with E-state index in [-0.39, 0.29) is 12.1 Å². The van der Waals surface area contributed by atoms with Crippen molar-refractivity contribution in [1.29, 1.82) is 0 Å². The van der Waals surface area contributed by atoms with Crippen molar-refractivity contribution in [2.75, 3.05) is 23.8 Å². The molecule has 0 radical (unpaired) electrons. The number of halogens is 3. The molecule has 3 aromatic rings. The second-order valence-electron chi connectivity index (χ2n) is 8.09. The van der Waals surface area contributed by atoms with Crippen LogP contribution in [0.2, 0.25) is 0 Å². The molecule has 0 aliphatic carbocycles. The van der Waals surface area contributed by atoms with Gasteiger partial charge in [0, 0.05) is 19.2 Å². The molecule has 1 atom stereocenters. The van der Waals surface area contributed by atoms with Gasteiger partial charge < -0.3 is 15.0 Å². The molecule has 3 aromatic carbocycles. The fourth-order valence-electron chi connectivity index (χ4n) is 3.43. The third-order valence-corrected chi connectivity index (χ3v) is 6.33. The number of hydrogen-bond acceptors (Lipinski definition) is 5. The first-order valence-electron chi connectivity index (χ1n) is 11.1. The van der Waals surface area contributed by atoms with E-state index >= 15 is 0 Å². The van der Waals surface area contributed by atoms with Crippen molar-refractivity contribution in [3.8, 4) is 5.75 Å². The summed E-state index contributed by atoms with van der Waals surface area (Å²) in [7, 11) is -1.53. The topological polar surface area (TPSA) is 117 Å². The molecular formula is C25H25F3N4O5S. The number of hydrogen-bond donors (Lipinski definition) is 3. The number of carbonyl (C=O) groups excluding carboxylic acids is 2. The highest BCUT2D eigenvalue weighted by Gasteiger charge is 2.30. The molecule has 13 heteroatoms. The Bertz CT molecular complexity index is 1350. The van der Waals surface area contributed by atoms with E-state index in [4.69, 9.17) is 4.74 Å². The average molecular weight is 551 g/mol. The zero-order valence-electron chi connectivity index (χ0n) is 20.3. The van der Waals surface area contributed by atoms with Crippen molar-refractivity contribution in [2.45, 2.75) is 18.6 Å². The lowest BCUT2D eigenvalue weighted by molar-refractivity contribution is -0.137. The van der Waals surface area contributed by atoms with E-state index in [1.165, 1.54) is 19.1 Å². The minimum atomic E-state index is -4.59. The van der Waals surface area contributed by atoms with Crippen LogP contribution in [0.5, 0.6) is 5.75 Å². The number of rotatable bonds is 9. The average Bonchev–Trinajstić information content (AvgIpc) is 2.87. The Morgan fingerprint density at radius 2 is 1.55 bits per heavy atom. The van der Waals surface area contributed by atoms with E-state index < -0.39 is 39.9 Å². The number of nitrogens with one attached hydrogen (secondary N) is 3. The molecule has 3 N–H and O–H groups in total. The number of amides is 3. The number of nitrogens with zero attached hydrogens (tertiary/aromatic N) is 1. The lowest BCUT2D eigenvalue weighted by Gasteiger charge is -2.25. The van der Waals surface area contributed by atoms with Crippen LogP contribution in [0.1, 0.15) is 11.1 Å². The summed E-state index contributed by atoms with van der Waals surface area (Å²) < 4.78 is 71.8. The highest BCUT2D eigenvalue weighted by atomic mass is 32.2. The lowest BCUT2D eigenvalue weighted by Crippen LogP contribution is -2.53. The van der Waals surface area contributed by atoms with Crippen LogP contribution < -0.4 is 24.4 Å². The minimum Gasteiger partial charge on any atom is -0.497 e. The quantitative estimate of drug-likeness (QED) is 0.373. The highest BCUT2D eigenvalue weighted by molar-refractivity contribution is 7.91. The molecule has 0 saturated carbocycles. The van der Waals surface area contributed by atoms with Crippen LogP contribution >= 0.6 is 0 Å². The molecule has 0 aromatic heterocycles. The standard InChI is InChI=1S/C25H25F3N4O5S/c1-32(20-12-14-21(37-2)15-13-20)23(33)22(16-17-6-4-3-5-7-17)29-24(34)31-38(35,36)30-19-10-8-18(9-11-19)25(26,27)28/h3-15,22,30H,16H2,1-2H3,(H2,29,31,34). The molecular weight excluding hydrogens is 525 g/mol. The number of urea groups is 1. The van der Waals surface area contributed by atoms with Crippen LogP contribution in [0.4, 0.5) is 29.3 Å². The Balaban J connectivity index is 1.73. The van der Waals surface area contributed by atoms with Gasteiger partial charge in [0.15, 0.2) is 0 Å². The molecule has 0 saturated heterocycles. The number of ether oxygens (including phenoxy) is 1. The molecule has 0 spiro atoms. The summed E-state index contributed by atoms with van der Waals surface area (Å²) in [5.74, 6) is 0.0564. The van der Waals surface area contributed by atoms with Gasteiger partial charge in [0.1, 0.15) is 11.8 Å². The van der Waals surface area contributed by atoms with Crippen LogP contribution in [0.25, 0.3) is 0 Å². The maximum absolute atomic E-state index is 13.3. The van der Waals surface area contributed by atoms with Crippen molar-refractivity contribution in [2.24, 2.45) is 0 Å². The van der Waals surface area contributed by atoms with Crippen LogP contribution in [0.15, 0.2) is 78.9 Å². The predicted octanol–water partition coefficient (Wildman–Crippen LogP) is 3.94. The number of anilines is 2. The first-order chi connectivity index (χ1) is 17.9. The monoisotopic (exact) mass is 550 g/mol. The van der Waals surface area contributed by atoms with Crippen molar-refractivity contribution in [3.63, 3.8) is 0 Å². The molecule has 0 heterocycles. The molecule has 0 aliphatic rings. The highest BCUT2D eigenvalue weighted by Crippen LogP contribution is 2.30. The Labute approximate surface area is 217 Å². The maximum atomic E-state index is 13.3. The summed E-state index contributed by atoms with van der Waals surface area (Å²) >= 11 is 0. The smallest absolute Gasteiger partial charge is 0.416 e. The SMILES string of the molecule is COc1ccc(N(C)C(=O)C(Cc2ccccc2)NC(=O)NS(=O)(=O)Nc2ccc(C(F)(F)F)cc2)cc1. The number of likely N-dealkylation sites (N-methyl/N-ethyl adjacent to an activating group) is 1. The normalized spacial score (nSPS) is 12.2. The van der Waals surface area contributed by atoms with Crippen molar-refractivity contribution in [3.05, 3.63) is 90.0 Å². The van der Waals surface area contributed by atoms with Gasteiger partial charge in [0.2, 0.25) is 5.91 Å². The number of alkyl halides is 3. The second kappa shape index (κ2) is 11.9. The third kappa shape index (κ3) is 7.87. The van der Waals surface area contributed by atoms with Crippen LogP contribution in [-0.2, 0) is 27.6 Å². The largest absolute Gasteiger partial charge is 0.497 e. The van der Waals surface area contributed by atoms with Gasteiger partial charge in [-0.05, 0) is 54.1 Å².